The highest BCUT2D eigenvalue weighted by atomic mass is 35.5. The van der Waals surface area contributed by atoms with Crippen molar-refractivity contribution in [3.8, 4) is 0 Å². The zero-order valence-electron chi connectivity index (χ0n) is 18.3. The third-order valence-corrected chi connectivity index (χ3v) is 6.49. The number of piperazine rings is 1. The fourth-order valence-electron chi connectivity index (χ4n) is 4.34. The first-order valence-electron chi connectivity index (χ1n) is 11.1. The van der Waals surface area contributed by atoms with Crippen LogP contribution in [0.25, 0.3) is 0 Å². The van der Waals surface area contributed by atoms with E-state index in [2.05, 4.69) is 19.8 Å². The lowest BCUT2D eigenvalue weighted by atomic mass is 10.0. The number of halogens is 1. The second-order valence-corrected chi connectivity index (χ2v) is 8.66. The van der Waals surface area contributed by atoms with Crippen molar-refractivity contribution in [1.82, 2.24) is 19.9 Å². The first-order chi connectivity index (χ1) is 16.1. The molecule has 5 rings (SSSR count). The minimum atomic E-state index is -0.311. The minimum Gasteiger partial charge on any atom is -0.467 e. The molecular weight excluding hydrogens is 440 g/mol. The Bertz CT molecular complexity index is 1110. The molecular formula is C24H25ClN6O2. The average Bonchev–Trinajstić information content (AvgIpc) is 3.55. The number of carbonyl (C=O) groups is 1. The van der Waals surface area contributed by atoms with Crippen LogP contribution in [0, 0.1) is 0 Å². The summed E-state index contributed by atoms with van der Waals surface area (Å²) in [5.41, 5.74) is 1.80. The second-order valence-electron chi connectivity index (χ2n) is 8.22. The summed E-state index contributed by atoms with van der Waals surface area (Å²) >= 11 is 6.05. The molecule has 0 bridgehead atoms. The number of hydrogen-bond donors (Lipinski definition) is 0. The molecule has 2 atom stereocenters. The smallest absolute Gasteiger partial charge is 0.260 e. The number of benzene rings is 1. The molecule has 0 saturated carbocycles. The molecule has 2 aliphatic heterocycles. The van der Waals surface area contributed by atoms with Crippen molar-refractivity contribution in [2.24, 2.45) is 5.10 Å². The Morgan fingerprint density at radius 2 is 1.79 bits per heavy atom. The van der Waals surface area contributed by atoms with E-state index in [4.69, 9.17) is 21.1 Å². The van der Waals surface area contributed by atoms with Gasteiger partial charge in [0.1, 0.15) is 11.8 Å². The van der Waals surface area contributed by atoms with Crippen molar-refractivity contribution in [2.75, 3.05) is 31.1 Å². The number of nitrogens with zero attached hydrogens (tertiary/aromatic N) is 6. The van der Waals surface area contributed by atoms with Gasteiger partial charge < -0.3 is 9.32 Å². The highest BCUT2D eigenvalue weighted by Gasteiger charge is 2.38. The number of aromatic nitrogens is 2. The standard InChI is InChI=1S/C24H25ClN6O2/c1-17(29-11-13-30(14-12-29)24-26-9-3-10-27-24)23(32)31-21(22-4-2-15-33-22)16-20(28-31)18-5-7-19(25)8-6-18/h2-10,15,17,21H,11-14,16H2,1H3/t17-,21+/m0/s1. The van der Waals surface area contributed by atoms with E-state index in [1.54, 1.807) is 23.7 Å². The molecule has 8 nitrogen and oxygen atoms in total. The van der Waals surface area contributed by atoms with Gasteiger partial charge in [0.15, 0.2) is 0 Å². The van der Waals surface area contributed by atoms with Crippen molar-refractivity contribution in [3.63, 3.8) is 0 Å². The molecule has 1 amide bonds. The summed E-state index contributed by atoms with van der Waals surface area (Å²) in [6, 6.07) is 12.5. The molecule has 1 fully saturated rings. The quantitative estimate of drug-likeness (QED) is 0.574. The van der Waals surface area contributed by atoms with E-state index in [0.29, 0.717) is 11.4 Å². The molecule has 33 heavy (non-hydrogen) atoms. The van der Waals surface area contributed by atoms with Crippen LogP contribution < -0.4 is 4.90 Å². The Hall–Kier alpha value is -3.23. The Morgan fingerprint density at radius 3 is 2.45 bits per heavy atom. The third kappa shape index (κ3) is 4.49. The highest BCUT2D eigenvalue weighted by Crippen LogP contribution is 2.34. The van der Waals surface area contributed by atoms with Crippen LogP contribution in [0.4, 0.5) is 5.95 Å². The van der Waals surface area contributed by atoms with Gasteiger partial charge in [0.25, 0.3) is 5.91 Å². The number of carbonyl (C=O) groups excluding carboxylic acids is 1. The minimum absolute atomic E-state index is 0.0372. The molecule has 9 heteroatoms. The van der Waals surface area contributed by atoms with Gasteiger partial charge in [0.2, 0.25) is 5.95 Å². The predicted octanol–water partition coefficient (Wildman–Crippen LogP) is 3.61. The first kappa shape index (κ1) is 21.6. The van der Waals surface area contributed by atoms with Gasteiger partial charge in [-0.05, 0) is 42.8 Å². The normalized spacial score (nSPS) is 20.1. The molecule has 3 aromatic rings. The third-order valence-electron chi connectivity index (χ3n) is 6.24. The van der Waals surface area contributed by atoms with Crippen molar-refractivity contribution in [3.05, 3.63) is 77.5 Å². The van der Waals surface area contributed by atoms with Gasteiger partial charge >= 0.3 is 0 Å². The van der Waals surface area contributed by atoms with Crippen LogP contribution in [0.15, 0.2) is 70.6 Å². The second kappa shape index (κ2) is 9.33. The van der Waals surface area contributed by atoms with E-state index in [1.807, 2.05) is 49.4 Å². The van der Waals surface area contributed by atoms with Gasteiger partial charge in [0.05, 0.1) is 18.0 Å². The van der Waals surface area contributed by atoms with Crippen molar-refractivity contribution >= 4 is 29.2 Å². The topological polar surface area (TPSA) is 78.1 Å². The lowest BCUT2D eigenvalue weighted by molar-refractivity contribution is -0.138. The van der Waals surface area contributed by atoms with E-state index in [9.17, 15) is 4.79 Å². The number of hydrogen-bond acceptors (Lipinski definition) is 7. The van der Waals surface area contributed by atoms with Crippen molar-refractivity contribution in [2.45, 2.75) is 25.4 Å². The van der Waals surface area contributed by atoms with Gasteiger partial charge in [-0.15, -0.1) is 0 Å². The first-order valence-corrected chi connectivity index (χ1v) is 11.4. The van der Waals surface area contributed by atoms with Gasteiger partial charge in [0, 0.05) is 50.0 Å². The number of furan rings is 1. The van der Waals surface area contributed by atoms with Gasteiger partial charge in [-0.2, -0.15) is 5.10 Å². The Morgan fingerprint density at radius 1 is 1.06 bits per heavy atom. The number of rotatable bonds is 5. The molecule has 0 spiro atoms. The van der Waals surface area contributed by atoms with Gasteiger partial charge in [-0.3, -0.25) is 9.69 Å². The molecule has 0 N–H and O–H groups in total. The molecule has 1 aromatic carbocycles. The summed E-state index contributed by atoms with van der Waals surface area (Å²) in [4.78, 5) is 26.6. The van der Waals surface area contributed by atoms with Crippen LogP contribution in [0.3, 0.4) is 0 Å². The van der Waals surface area contributed by atoms with Gasteiger partial charge in [-0.25, -0.2) is 15.0 Å². The summed E-state index contributed by atoms with van der Waals surface area (Å²) < 4.78 is 5.67. The van der Waals surface area contributed by atoms with E-state index in [1.165, 1.54) is 0 Å². The van der Waals surface area contributed by atoms with Crippen LogP contribution >= 0.6 is 11.6 Å². The predicted molar refractivity (Wildman–Crippen MR) is 126 cm³/mol. The molecule has 0 aliphatic carbocycles. The molecule has 2 aliphatic rings. The van der Waals surface area contributed by atoms with E-state index in [-0.39, 0.29) is 18.0 Å². The number of amides is 1. The highest BCUT2D eigenvalue weighted by molar-refractivity contribution is 6.30. The van der Waals surface area contributed by atoms with E-state index >= 15 is 0 Å². The summed E-state index contributed by atoms with van der Waals surface area (Å²) in [6.45, 7) is 4.98. The number of hydrazone groups is 1. The zero-order chi connectivity index (χ0) is 22.8. The molecule has 170 valence electrons. The lowest BCUT2D eigenvalue weighted by Gasteiger charge is -2.38. The Kier molecular flexibility index (Phi) is 6.11. The largest absolute Gasteiger partial charge is 0.467 e. The Labute approximate surface area is 197 Å². The molecule has 2 aromatic heterocycles. The van der Waals surface area contributed by atoms with Crippen LogP contribution in [0.1, 0.15) is 30.7 Å². The molecule has 0 unspecified atom stereocenters. The molecule has 0 radical (unpaired) electrons. The summed E-state index contributed by atoms with van der Waals surface area (Å²) in [5.74, 6) is 1.42. The van der Waals surface area contributed by atoms with Gasteiger partial charge in [-0.1, -0.05) is 23.7 Å². The van der Waals surface area contributed by atoms with Crippen molar-refractivity contribution < 1.29 is 9.21 Å². The van der Waals surface area contributed by atoms with Crippen LogP contribution in [-0.4, -0.2) is 63.7 Å². The zero-order valence-corrected chi connectivity index (χ0v) is 19.1. The van der Waals surface area contributed by atoms with Crippen LogP contribution in [-0.2, 0) is 4.79 Å². The fraction of sp³-hybridized carbons (Fsp3) is 0.333. The van der Waals surface area contributed by atoms with Crippen molar-refractivity contribution in [1.29, 1.82) is 0 Å². The summed E-state index contributed by atoms with van der Waals surface area (Å²) in [6.07, 6.45) is 5.72. The maximum Gasteiger partial charge on any atom is 0.260 e. The van der Waals surface area contributed by atoms with Crippen LogP contribution in [0.2, 0.25) is 5.02 Å². The summed E-state index contributed by atoms with van der Waals surface area (Å²) in [5, 5.41) is 7.01. The summed E-state index contributed by atoms with van der Waals surface area (Å²) in [7, 11) is 0. The molecule has 1 saturated heterocycles. The fourth-order valence-corrected chi connectivity index (χ4v) is 4.47. The maximum absolute atomic E-state index is 13.6. The SMILES string of the molecule is C[C@@H](C(=O)N1N=C(c2ccc(Cl)cc2)C[C@@H]1c1ccco1)N1CCN(c2ncccn2)CC1. The number of anilines is 1. The lowest BCUT2D eigenvalue weighted by Crippen LogP contribution is -2.54. The monoisotopic (exact) mass is 464 g/mol. The van der Waals surface area contributed by atoms with E-state index < -0.39 is 0 Å². The maximum atomic E-state index is 13.6. The van der Waals surface area contributed by atoms with E-state index in [0.717, 1.165) is 49.2 Å². The van der Waals surface area contributed by atoms with Crippen LogP contribution in [0.5, 0.6) is 0 Å². The Balaban J connectivity index is 1.32. The molecule has 4 heterocycles. The average molecular weight is 465 g/mol.